The van der Waals surface area contributed by atoms with Crippen LogP contribution in [0.1, 0.15) is 44.2 Å². The number of aliphatic hydroxyl groups is 1. The highest BCUT2D eigenvalue weighted by Gasteiger charge is 2.32. The SMILES string of the molecule is C[C@H](N)c1ccc(OCC2(O)CCCC2)c(Cl)c1. The maximum atomic E-state index is 10.2. The molecule has 0 aromatic heterocycles. The molecule has 0 aliphatic heterocycles. The van der Waals surface area contributed by atoms with Gasteiger partial charge in [-0.2, -0.15) is 0 Å². The maximum absolute atomic E-state index is 10.2. The van der Waals surface area contributed by atoms with Gasteiger partial charge in [-0.05, 0) is 37.5 Å². The fourth-order valence-corrected chi connectivity index (χ4v) is 2.55. The van der Waals surface area contributed by atoms with Crippen molar-refractivity contribution < 1.29 is 9.84 Å². The van der Waals surface area contributed by atoms with Gasteiger partial charge in [-0.25, -0.2) is 0 Å². The Morgan fingerprint density at radius 2 is 2.11 bits per heavy atom. The monoisotopic (exact) mass is 269 g/mol. The molecule has 1 aliphatic rings. The standard InChI is InChI=1S/C14H20ClNO2/c1-10(16)11-4-5-13(12(15)8-11)18-9-14(17)6-2-3-7-14/h4-5,8,10,17H,2-3,6-7,9,16H2,1H3/t10-/m0/s1. The van der Waals surface area contributed by atoms with E-state index in [2.05, 4.69) is 0 Å². The molecule has 0 bridgehead atoms. The molecule has 1 saturated carbocycles. The third kappa shape index (κ3) is 3.16. The molecule has 0 radical (unpaired) electrons. The van der Waals surface area contributed by atoms with Crippen molar-refractivity contribution in [1.82, 2.24) is 0 Å². The number of halogens is 1. The highest BCUT2D eigenvalue weighted by atomic mass is 35.5. The quantitative estimate of drug-likeness (QED) is 0.883. The number of hydrogen-bond acceptors (Lipinski definition) is 3. The fourth-order valence-electron chi connectivity index (χ4n) is 2.31. The molecule has 0 saturated heterocycles. The normalized spacial score (nSPS) is 19.8. The Balaban J connectivity index is 2.01. The van der Waals surface area contributed by atoms with Crippen molar-refractivity contribution in [1.29, 1.82) is 0 Å². The van der Waals surface area contributed by atoms with Crippen LogP contribution >= 0.6 is 11.6 Å². The summed E-state index contributed by atoms with van der Waals surface area (Å²) in [4.78, 5) is 0. The smallest absolute Gasteiger partial charge is 0.138 e. The minimum Gasteiger partial charge on any atom is -0.489 e. The van der Waals surface area contributed by atoms with Crippen molar-refractivity contribution in [3.05, 3.63) is 28.8 Å². The summed E-state index contributed by atoms with van der Waals surface area (Å²) in [6, 6.07) is 5.50. The Morgan fingerprint density at radius 3 is 2.67 bits per heavy atom. The first-order chi connectivity index (χ1) is 8.50. The van der Waals surface area contributed by atoms with E-state index >= 15 is 0 Å². The Kier molecular flexibility index (Phi) is 4.15. The van der Waals surface area contributed by atoms with E-state index in [1.165, 1.54) is 0 Å². The lowest BCUT2D eigenvalue weighted by Gasteiger charge is -2.22. The average Bonchev–Trinajstić information content (AvgIpc) is 2.75. The molecule has 2 rings (SSSR count). The highest BCUT2D eigenvalue weighted by Crippen LogP contribution is 2.32. The number of hydrogen-bond donors (Lipinski definition) is 2. The van der Waals surface area contributed by atoms with Crippen molar-refractivity contribution in [3.8, 4) is 5.75 Å². The third-order valence-corrected chi connectivity index (χ3v) is 3.81. The van der Waals surface area contributed by atoms with Crippen molar-refractivity contribution in [2.75, 3.05) is 6.61 Å². The van der Waals surface area contributed by atoms with E-state index in [-0.39, 0.29) is 6.04 Å². The molecule has 3 N–H and O–H groups in total. The Hall–Kier alpha value is -0.770. The van der Waals surface area contributed by atoms with Crippen molar-refractivity contribution in [2.45, 2.75) is 44.2 Å². The zero-order chi connectivity index (χ0) is 13.2. The second-order valence-corrected chi connectivity index (χ2v) is 5.61. The summed E-state index contributed by atoms with van der Waals surface area (Å²) >= 11 is 6.14. The molecule has 100 valence electrons. The van der Waals surface area contributed by atoms with Gasteiger partial charge in [0.1, 0.15) is 12.4 Å². The van der Waals surface area contributed by atoms with Gasteiger partial charge in [0.25, 0.3) is 0 Å². The maximum Gasteiger partial charge on any atom is 0.138 e. The van der Waals surface area contributed by atoms with Gasteiger partial charge >= 0.3 is 0 Å². The summed E-state index contributed by atoms with van der Waals surface area (Å²) in [6.45, 7) is 2.22. The molecule has 0 spiro atoms. The first-order valence-corrected chi connectivity index (χ1v) is 6.78. The molecular formula is C14H20ClNO2. The first-order valence-electron chi connectivity index (χ1n) is 6.40. The molecule has 3 nitrogen and oxygen atoms in total. The van der Waals surface area contributed by atoms with Gasteiger partial charge < -0.3 is 15.6 Å². The van der Waals surface area contributed by atoms with Gasteiger partial charge in [-0.15, -0.1) is 0 Å². The minimum atomic E-state index is -0.677. The first kappa shape index (κ1) is 13.7. The van der Waals surface area contributed by atoms with E-state index < -0.39 is 5.60 Å². The van der Waals surface area contributed by atoms with E-state index in [0.717, 1.165) is 31.2 Å². The number of ether oxygens (including phenoxy) is 1. The summed E-state index contributed by atoms with van der Waals surface area (Å²) < 4.78 is 5.64. The lowest BCUT2D eigenvalue weighted by molar-refractivity contribution is 0.00144. The van der Waals surface area contributed by atoms with Gasteiger partial charge in [-0.3, -0.25) is 0 Å². The topological polar surface area (TPSA) is 55.5 Å². The lowest BCUT2D eigenvalue weighted by Crippen LogP contribution is -2.32. The van der Waals surface area contributed by atoms with Gasteiger partial charge in [-0.1, -0.05) is 30.5 Å². The fraction of sp³-hybridized carbons (Fsp3) is 0.571. The van der Waals surface area contributed by atoms with E-state index in [1.807, 2.05) is 25.1 Å². The highest BCUT2D eigenvalue weighted by molar-refractivity contribution is 6.32. The second-order valence-electron chi connectivity index (χ2n) is 5.20. The molecule has 0 heterocycles. The van der Waals surface area contributed by atoms with Crippen molar-refractivity contribution in [2.24, 2.45) is 5.73 Å². The van der Waals surface area contributed by atoms with E-state index in [1.54, 1.807) is 0 Å². The molecule has 1 aromatic carbocycles. The predicted molar refractivity (Wildman–Crippen MR) is 73.0 cm³/mol. The third-order valence-electron chi connectivity index (χ3n) is 3.51. The molecule has 0 unspecified atom stereocenters. The molecule has 1 aliphatic carbocycles. The summed E-state index contributed by atoms with van der Waals surface area (Å²) in [5.74, 6) is 0.612. The largest absolute Gasteiger partial charge is 0.489 e. The van der Waals surface area contributed by atoms with Crippen LogP contribution in [-0.4, -0.2) is 17.3 Å². The molecule has 18 heavy (non-hydrogen) atoms. The Morgan fingerprint density at radius 1 is 1.44 bits per heavy atom. The number of nitrogens with two attached hydrogens (primary N) is 1. The molecule has 1 atom stereocenters. The second kappa shape index (κ2) is 5.47. The molecule has 1 fully saturated rings. The van der Waals surface area contributed by atoms with Crippen LogP contribution in [0.25, 0.3) is 0 Å². The molecule has 0 amide bonds. The van der Waals surface area contributed by atoms with Crippen LogP contribution in [0, 0.1) is 0 Å². The average molecular weight is 270 g/mol. The zero-order valence-electron chi connectivity index (χ0n) is 10.7. The summed E-state index contributed by atoms with van der Waals surface area (Å²) in [6.07, 6.45) is 3.75. The number of rotatable bonds is 4. The van der Waals surface area contributed by atoms with Crippen LogP contribution in [0.2, 0.25) is 5.02 Å². The zero-order valence-corrected chi connectivity index (χ0v) is 11.4. The Bertz CT molecular complexity index is 414. The van der Waals surface area contributed by atoms with Crippen LogP contribution in [0.5, 0.6) is 5.75 Å². The van der Waals surface area contributed by atoms with Crippen LogP contribution in [0.4, 0.5) is 0 Å². The van der Waals surface area contributed by atoms with Crippen molar-refractivity contribution >= 4 is 11.6 Å². The van der Waals surface area contributed by atoms with Crippen LogP contribution in [0.15, 0.2) is 18.2 Å². The van der Waals surface area contributed by atoms with Crippen molar-refractivity contribution in [3.63, 3.8) is 0 Å². The van der Waals surface area contributed by atoms with E-state index in [9.17, 15) is 5.11 Å². The van der Waals surface area contributed by atoms with Gasteiger partial charge in [0.2, 0.25) is 0 Å². The van der Waals surface area contributed by atoms with E-state index in [0.29, 0.717) is 17.4 Å². The van der Waals surface area contributed by atoms with Crippen LogP contribution < -0.4 is 10.5 Å². The number of benzene rings is 1. The molecule has 1 aromatic rings. The summed E-state index contributed by atoms with van der Waals surface area (Å²) in [5.41, 5.74) is 6.09. The lowest BCUT2D eigenvalue weighted by atomic mass is 10.0. The Labute approximate surface area is 113 Å². The summed E-state index contributed by atoms with van der Waals surface area (Å²) in [7, 11) is 0. The van der Waals surface area contributed by atoms with Gasteiger partial charge in [0, 0.05) is 6.04 Å². The van der Waals surface area contributed by atoms with Gasteiger partial charge in [0.05, 0.1) is 10.6 Å². The summed E-state index contributed by atoms with van der Waals surface area (Å²) in [5, 5.41) is 10.7. The van der Waals surface area contributed by atoms with E-state index in [4.69, 9.17) is 22.1 Å². The van der Waals surface area contributed by atoms with Gasteiger partial charge in [0.15, 0.2) is 0 Å². The molecular weight excluding hydrogens is 250 g/mol. The van der Waals surface area contributed by atoms with Crippen LogP contribution in [-0.2, 0) is 0 Å². The van der Waals surface area contributed by atoms with Crippen LogP contribution in [0.3, 0.4) is 0 Å². The molecule has 4 heteroatoms. The minimum absolute atomic E-state index is 0.0458. The predicted octanol–water partition coefficient (Wildman–Crippen LogP) is 3.04.